The molecule has 0 aliphatic carbocycles. The predicted octanol–water partition coefficient (Wildman–Crippen LogP) is 6.32. The third kappa shape index (κ3) is 7.15. The Labute approximate surface area is 239 Å². The number of aromatic nitrogens is 1. The fourth-order valence-electron chi connectivity index (χ4n) is 4.69. The number of anilines is 1. The highest BCUT2D eigenvalue weighted by atomic mass is 35.5. The lowest BCUT2D eigenvalue weighted by Gasteiger charge is -2.36. The summed E-state index contributed by atoms with van der Waals surface area (Å²) in [6.07, 6.45) is 2.86. The van der Waals surface area contributed by atoms with Crippen LogP contribution >= 0.6 is 23.2 Å². The number of carbonyl (C=O) groups is 1. The lowest BCUT2D eigenvalue weighted by molar-refractivity contribution is -0.147. The molecule has 1 saturated heterocycles. The van der Waals surface area contributed by atoms with Gasteiger partial charge in [-0.3, -0.25) is 14.3 Å². The molecular weight excluding hydrogens is 537 g/mol. The minimum atomic E-state index is -0.755. The zero-order valence-corrected chi connectivity index (χ0v) is 24.2. The number of esters is 1. The number of nitrogens with zero attached hydrogens (tertiary/aromatic N) is 3. The molecule has 0 saturated carbocycles. The van der Waals surface area contributed by atoms with Crippen molar-refractivity contribution >= 4 is 45.8 Å². The van der Waals surface area contributed by atoms with E-state index < -0.39 is 12.2 Å². The van der Waals surface area contributed by atoms with Gasteiger partial charge < -0.3 is 14.4 Å². The Morgan fingerprint density at radius 1 is 1.05 bits per heavy atom. The maximum Gasteiger partial charge on any atom is 0.335 e. The predicted molar refractivity (Wildman–Crippen MR) is 158 cm³/mol. The second kappa shape index (κ2) is 13.4. The van der Waals surface area contributed by atoms with Crippen LogP contribution in [0.2, 0.25) is 10.0 Å². The fraction of sp³-hybridized carbons (Fsp3) is 0.400. The van der Waals surface area contributed by atoms with Crippen LogP contribution in [0.1, 0.15) is 39.8 Å². The number of ether oxygens (including phenoxy) is 2. The molecule has 0 bridgehead atoms. The van der Waals surface area contributed by atoms with Gasteiger partial charge in [-0.2, -0.15) is 0 Å². The SMILES string of the molecule is C/C=C(\C)C(=O)OC(C)n1c(=O)ccc2ccc(OCCCCN3CCN(c4cccc(Cl)c4Cl)CC3)cc21. The van der Waals surface area contributed by atoms with Crippen molar-refractivity contribution in [1.29, 1.82) is 0 Å². The summed E-state index contributed by atoms with van der Waals surface area (Å²) >= 11 is 12.6. The van der Waals surface area contributed by atoms with E-state index in [-0.39, 0.29) is 5.56 Å². The Morgan fingerprint density at radius 2 is 1.79 bits per heavy atom. The Bertz CT molecular complexity index is 1400. The van der Waals surface area contributed by atoms with Crippen LogP contribution in [0.5, 0.6) is 5.75 Å². The van der Waals surface area contributed by atoms with Gasteiger partial charge in [-0.05, 0) is 75.9 Å². The van der Waals surface area contributed by atoms with Crippen molar-refractivity contribution < 1.29 is 14.3 Å². The highest BCUT2D eigenvalue weighted by Gasteiger charge is 2.20. The first-order valence-electron chi connectivity index (χ1n) is 13.3. The Hall–Kier alpha value is -3.00. The molecule has 2 heterocycles. The van der Waals surface area contributed by atoms with Crippen LogP contribution < -0.4 is 15.2 Å². The van der Waals surface area contributed by atoms with Gasteiger partial charge in [0.2, 0.25) is 0 Å². The van der Waals surface area contributed by atoms with Gasteiger partial charge >= 0.3 is 5.97 Å². The lowest BCUT2D eigenvalue weighted by atomic mass is 10.2. The van der Waals surface area contributed by atoms with Crippen LogP contribution in [0.3, 0.4) is 0 Å². The molecule has 0 radical (unpaired) electrons. The Balaban J connectivity index is 1.28. The van der Waals surface area contributed by atoms with E-state index in [0.717, 1.165) is 56.6 Å². The first-order valence-corrected chi connectivity index (χ1v) is 14.1. The van der Waals surface area contributed by atoms with Crippen molar-refractivity contribution in [3.63, 3.8) is 0 Å². The molecule has 0 amide bonds. The third-order valence-corrected chi connectivity index (χ3v) is 7.89. The lowest BCUT2D eigenvalue weighted by Crippen LogP contribution is -2.46. The van der Waals surface area contributed by atoms with E-state index in [4.69, 9.17) is 32.7 Å². The van der Waals surface area contributed by atoms with Gasteiger partial charge in [0.1, 0.15) is 5.75 Å². The molecule has 0 N–H and O–H groups in total. The van der Waals surface area contributed by atoms with Crippen molar-refractivity contribution in [3.8, 4) is 5.75 Å². The number of rotatable bonds is 10. The number of piperazine rings is 1. The van der Waals surface area contributed by atoms with Crippen LogP contribution in [-0.4, -0.2) is 54.8 Å². The maximum absolute atomic E-state index is 12.7. The number of hydrogen-bond donors (Lipinski definition) is 0. The van der Waals surface area contributed by atoms with Gasteiger partial charge in [-0.1, -0.05) is 35.3 Å². The second-order valence-corrected chi connectivity index (χ2v) is 10.5. The van der Waals surface area contributed by atoms with Crippen LogP contribution in [0.15, 0.2) is 65.0 Å². The third-order valence-electron chi connectivity index (χ3n) is 7.08. The summed E-state index contributed by atoms with van der Waals surface area (Å²) in [6, 6.07) is 14.7. The minimum Gasteiger partial charge on any atom is -0.494 e. The summed E-state index contributed by atoms with van der Waals surface area (Å²) in [4.78, 5) is 29.7. The first-order chi connectivity index (χ1) is 18.8. The van der Waals surface area contributed by atoms with Gasteiger partial charge in [-0.25, -0.2) is 4.79 Å². The van der Waals surface area contributed by atoms with Crippen LogP contribution in [0.4, 0.5) is 5.69 Å². The molecule has 2 aromatic carbocycles. The number of hydrogen-bond acceptors (Lipinski definition) is 6. The Morgan fingerprint density at radius 3 is 2.54 bits per heavy atom. The van der Waals surface area contributed by atoms with Gasteiger partial charge in [0.15, 0.2) is 6.23 Å². The number of allylic oxidation sites excluding steroid dienone is 1. The highest BCUT2D eigenvalue weighted by Crippen LogP contribution is 2.33. The van der Waals surface area contributed by atoms with E-state index in [2.05, 4.69) is 9.80 Å². The van der Waals surface area contributed by atoms with Gasteiger partial charge in [-0.15, -0.1) is 0 Å². The summed E-state index contributed by atoms with van der Waals surface area (Å²) in [6.45, 7) is 10.5. The average molecular weight is 573 g/mol. The van der Waals surface area contributed by atoms with E-state index in [0.29, 0.717) is 33.5 Å². The molecule has 9 heteroatoms. The van der Waals surface area contributed by atoms with E-state index in [1.165, 1.54) is 10.6 Å². The fourth-order valence-corrected chi connectivity index (χ4v) is 5.11. The molecule has 39 heavy (non-hydrogen) atoms. The maximum atomic E-state index is 12.7. The number of fused-ring (bicyclic) bond motifs is 1. The summed E-state index contributed by atoms with van der Waals surface area (Å²) in [5.74, 6) is 0.230. The molecule has 1 aromatic heterocycles. The van der Waals surface area contributed by atoms with Crippen molar-refractivity contribution in [2.75, 3.05) is 44.2 Å². The highest BCUT2D eigenvalue weighted by molar-refractivity contribution is 6.43. The number of pyridine rings is 1. The normalized spacial score (nSPS) is 15.4. The van der Waals surface area contributed by atoms with E-state index >= 15 is 0 Å². The number of benzene rings is 2. The summed E-state index contributed by atoms with van der Waals surface area (Å²) in [5.41, 5.74) is 1.91. The van der Waals surface area contributed by atoms with Crippen molar-refractivity contribution in [1.82, 2.24) is 9.47 Å². The smallest absolute Gasteiger partial charge is 0.335 e. The largest absolute Gasteiger partial charge is 0.494 e. The molecule has 1 fully saturated rings. The quantitative estimate of drug-likeness (QED) is 0.161. The van der Waals surface area contributed by atoms with Gasteiger partial charge in [0.25, 0.3) is 5.56 Å². The first kappa shape index (κ1) is 29.0. The van der Waals surface area contributed by atoms with Crippen molar-refractivity contribution in [2.24, 2.45) is 0 Å². The van der Waals surface area contributed by atoms with E-state index in [9.17, 15) is 9.59 Å². The minimum absolute atomic E-state index is 0.240. The molecule has 1 aliphatic rings. The molecule has 7 nitrogen and oxygen atoms in total. The van der Waals surface area contributed by atoms with Crippen LogP contribution in [0.25, 0.3) is 10.9 Å². The van der Waals surface area contributed by atoms with Gasteiger partial charge in [0.05, 0.1) is 27.9 Å². The van der Waals surface area contributed by atoms with Crippen molar-refractivity contribution in [2.45, 2.75) is 39.8 Å². The standard InChI is InChI=1S/C30H35Cl2N3O4/c1-4-21(2)30(37)39-22(3)35-27-20-24(12-10-23(27)11-13-28(35)36)38-19-6-5-14-33-15-17-34(18-16-33)26-9-7-8-25(31)29(26)32/h4,7-13,20,22H,5-6,14-19H2,1-3H3/b21-4+. The van der Waals surface area contributed by atoms with Gasteiger partial charge in [0, 0.05) is 43.9 Å². The van der Waals surface area contributed by atoms with E-state index in [1.807, 2.05) is 36.4 Å². The zero-order valence-electron chi connectivity index (χ0n) is 22.7. The summed E-state index contributed by atoms with van der Waals surface area (Å²) < 4.78 is 13.0. The van der Waals surface area contributed by atoms with E-state index in [1.54, 1.807) is 32.9 Å². The molecule has 1 atom stereocenters. The Kier molecular flexibility index (Phi) is 9.94. The van der Waals surface area contributed by atoms with Crippen LogP contribution in [-0.2, 0) is 9.53 Å². The summed E-state index contributed by atoms with van der Waals surface area (Å²) in [7, 11) is 0. The molecule has 1 aliphatic heterocycles. The molecule has 208 valence electrons. The number of carbonyl (C=O) groups excluding carboxylic acids is 1. The number of halogens is 2. The molecule has 4 rings (SSSR count). The molecular formula is C30H35Cl2N3O4. The molecule has 1 unspecified atom stereocenters. The zero-order chi connectivity index (χ0) is 27.9. The average Bonchev–Trinajstić information content (AvgIpc) is 2.94. The second-order valence-electron chi connectivity index (χ2n) is 9.70. The number of unbranched alkanes of at least 4 members (excludes halogenated alkanes) is 1. The molecule has 3 aromatic rings. The van der Waals surface area contributed by atoms with Crippen molar-refractivity contribution in [3.05, 3.63) is 80.6 Å². The summed E-state index contributed by atoms with van der Waals surface area (Å²) in [5, 5.41) is 2.07. The molecule has 0 spiro atoms. The van der Waals surface area contributed by atoms with Crippen LogP contribution in [0, 0.1) is 0 Å². The monoisotopic (exact) mass is 571 g/mol. The topological polar surface area (TPSA) is 64.0 Å².